The summed E-state index contributed by atoms with van der Waals surface area (Å²) in [6.45, 7) is -0.840. The maximum atomic E-state index is 12.5. The van der Waals surface area contributed by atoms with E-state index in [4.69, 9.17) is 10.2 Å². The lowest BCUT2D eigenvalue weighted by atomic mass is 10.0. The van der Waals surface area contributed by atoms with Crippen LogP contribution in [-0.2, 0) is 6.18 Å². The number of aromatic nitrogens is 1. The molecule has 7 heteroatoms. The van der Waals surface area contributed by atoms with E-state index < -0.39 is 36.1 Å². The van der Waals surface area contributed by atoms with Crippen molar-refractivity contribution in [1.82, 2.24) is 4.98 Å². The molecule has 4 nitrogen and oxygen atoms in total. The summed E-state index contributed by atoms with van der Waals surface area (Å²) in [6, 6.07) is 0.697. The van der Waals surface area contributed by atoms with Gasteiger partial charge in [0.15, 0.2) is 0 Å². The zero-order valence-electron chi connectivity index (χ0n) is 8.02. The molecule has 0 fully saturated rings. The van der Waals surface area contributed by atoms with E-state index >= 15 is 0 Å². The molecule has 0 aliphatic carbocycles. The van der Waals surface area contributed by atoms with Gasteiger partial charge in [0.1, 0.15) is 12.2 Å². The molecule has 0 aromatic carbocycles. The first-order chi connectivity index (χ1) is 7.38. The second kappa shape index (κ2) is 4.77. The summed E-state index contributed by atoms with van der Waals surface area (Å²) in [5, 5.41) is 27.0. The van der Waals surface area contributed by atoms with Crippen LogP contribution in [0.4, 0.5) is 13.2 Å². The Morgan fingerprint density at radius 2 is 1.94 bits per heavy atom. The van der Waals surface area contributed by atoms with Crippen molar-refractivity contribution in [2.24, 2.45) is 0 Å². The van der Waals surface area contributed by atoms with Gasteiger partial charge < -0.3 is 15.3 Å². The Labute approximate surface area is 89.0 Å². The van der Waals surface area contributed by atoms with E-state index in [2.05, 4.69) is 4.98 Å². The van der Waals surface area contributed by atoms with Gasteiger partial charge in [-0.1, -0.05) is 0 Å². The van der Waals surface area contributed by atoms with Crippen LogP contribution in [0, 0.1) is 0 Å². The number of nitrogens with zero attached hydrogens (tertiary/aromatic N) is 1. The number of aliphatic hydroxyl groups is 3. The first kappa shape index (κ1) is 12.9. The minimum atomic E-state index is -4.64. The van der Waals surface area contributed by atoms with Gasteiger partial charge in [-0.15, -0.1) is 0 Å². The molecule has 2 unspecified atom stereocenters. The second-order valence-corrected chi connectivity index (χ2v) is 3.16. The lowest BCUT2D eigenvalue weighted by Crippen LogP contribution is -2.25. The van der Waals surface area contributed by atoms with Crippen molar-refractivity contribution in [1.29, 1.82) is 0 Å². The van der Waals surface area contributed by atoms with E-state index in [9.17, 15) is 18.3 Å². The highest BCUT2D eigenvalue weighted by molar-refractivity contribution is 5.28. The molecule has 0 aliphatic heterocycles. The minimum Gasteiger partial charge on any atom is -0.394 e. The molecule has 1 rings (SSSR count). The van der Waals surface area contributed by atoms with Crippen LogP contribution in [0.3, 0.4) is 0 Å². The fourth-order valence-electron chi connectivity index (χ4n) is 1.21. The molecule has 0 bridgehead atoms. The zero-order valence-corrected chi connectivity index (χ0v) is 8.02. The average Bonchev–Trinajstić information content (AvgIpc) is 2.26. The molecule has 1 heterocycles. The van der Waals surface area contributed by atoms with E-state index in [1.807, 2.05) is 0 Å². The summed E-state index contributed by atoms with van der Waals surface area (Å²) in [6.07, 6.45) is -6.40. The van der Waals surface area contributed by atoms with Crippen molar-refractivity contribution in [3.63, 3.8) is 0 Å². The molecule has 1 aromatic rings. The Hall–Kier alpha value is -1.18. The number of aliphatic hydroxyl groups excluding tert-OH is 3. The van der Waals surface area contributed by atoms with Gasteiger partial charge >= 0.3 is 6.18 Å². The third-order valence-corrected chi connectivity index (χ3v) is 2.03. The van der Waals surface area contributed by atoms with Crippen molar-refractivity contribution >= 4 is 0 Å². The number of alkyl halides is 3. The van der Waals surface area contributed by atoms with E-state index in [0.29, 0.717) is 6.07 Å². The van der Waals surface area contributed by atoms with E-state index in [1.165, 1.54) is 0 Å². The van der Waals surface area contributed by atoms with Crippen LogP contribution in [0.15, 0.2) is 18.5 Å². The van der Waals surface area contributed by atoms with Gasteiger partial charge in [-0.05, 0) is 6.07 Å². The summed E-state index contributed by atoms with van der Waals surface area (Å²) >= 11 is 0. The smallest absolute Gasteiger partial charge is 0.394 e. The van der Waals surface area contributed by atoms with Crippen molar-refractivity contribution < 1.29 is 28.5 Å². The highest BCUT2D eigenvalue weighted by atomic mass is 19.4. The maximum Gasteiger partial charge on any atom is 0.416 e. The van der Waals surface area contributed by atoms with Crippen LogP contribution < -0.4 is 0 Å². The SMILES string of the molecule is OCC(O)C(O)c1cnccc1C(F)(F)F. The predicted molar refractivity (Wildman–Crippen MR) is 47.3 cm³/mol. The van der Waals surface area contributed by atoms with Gasteiger partial charge in [0.05, 0.1) is 12.2 Å². The Morgan fingerprint density at radius 1 is 1.31 bits per heavy atom. The molecule has 0 spiro atoms. The fourth-order valence-corrected chi connectivity index (χ4v) is 1.21. The Morgan fingerprint density at radius 3 is 2.44 bits per heavy atom. The van der Waals surface area contributed by atoms with E-state index in [-0.39, 0.29) is 0 Å². The number of halogens is 3. The first-order valence-corrected chi connectivity index (χ1v) is 4.36. The van der Waals surface area contributed by atoms with Crippen LogP contribution in [0.2, 0.25) is 0 Å². The zero-order chi connectivity index (χ0) is 12.3. The van der Waals surface area contributed by atoms with Gasteiger partial charge in [-0.3, -0.25) is 4.98 Å². The standard InChI is InChI=1S/C9H10F3NO3/c10-9(11,12)6-1-2-13-3-5(6)8(16)7(15)4-14/h1-3,7-8,14-16H,4H2. The van der Waals surface area contributed by atoms with Gasteiger partial charge in [-0.2, -0.15) is 13.2 Å². The van der Waals surface area contributed by atoms with E-state index in [0.717, 1.165) is 12.4 Å². The monoisotopic (exact) mass is 237 g/mol. The predicted octanol–water partition coefficient (Wildman–Crippen LogP) is 0.487. The van der Waals surface area contributed by atoms with Crippen molar-refractivity contribution in [3.8, 4) is 0 Å². The molecule has 0 saturated carbocycles. The molecular formula is C9H10F3NO3. The third kappa shape index (κ3) is 2.69. The minimum absolute atomic E-state index is 0.559. The lowest BCUT2D eigenvalue weighted by molar-refractivity contribution is -0.140. The van der Waals surface area contributed by atoms with Crippen LogP contribution in [0.25, 0.3) is 0 Å². The van der Waals surface area contributed by atoms with Crippen LogP contribution in [0.5, 0.6) is 0 Å². The van der Waals surface area contributed by atoms with Gasteiger partial charge in [0.2, 0.25) is 0 Å². The fraction of sp³-hybridized carbons (Fsp3) is 0.444. The summed E-state index contributed by atoms with van der Waals surface area (Å²) < 4.78 is 37.5. The average molecular weight is 237 g/mol. The molecular weight excluding hydrogens is 227 g/mol. The first-order valence-electron chi connectivity index (χ1n) is 4.36. The van der Waals surface area contributed by atoms with Crippen molar-refractivity contribution in [3.05, 3.63) is 29.6 Å². The molecule has 0 radical (unpaired) electrons. The summed E-state index contributed by atoms with van der Waals surface area (Å²) in [4.78, 5) is 3.44. The highest BCUT2D eigenvalue weighted by Gasteiger charge is 2.36. The normalized spacial score (nSPS) is 15.9. The molecule has 2 atom stereocenters. The Balaban J connectivity index is 3.13. The molecule has 0 saturated heterocycles. The van der Waals surface area contributed by atoms with Crippen LogP contribution >= 0.6 is 0 Å². The van der Waals surface area contributed by atoms with Crippen molar-refractivity contribution in [2.75, 3.05) is 6.61 Å². The quantitative estimate of drug-likeness (QED) is 0.715. The molecule has 1 aromatic heterocycles. The van der Waals surface area contributed by atoms with Crippen LogP contribution in [-0.4, -0.2) is 33.0 Å². The summed E-state index contributed by atoms with van der Waals surface area (Å²) in [5.41, 5.74) is -1.64. The second-order valence-electron chi connectivity index (χ2n) is 3.16. The number of hydrogen-bond donors (Lipinski definition) is 3. The molecule has 90 valence electrons. The summed E-state index contributed by atoms with van der Waals surface area (Å²) in [5.74, 6) is 0. The number of rotatable bonds is 3. The van der Waals surface area contributed by atoms with Gasteiger partial charge in [0.25, 0.3) is 0 Å². The van der Waals surface area contributed by atoms with Crippen LogP contribution in [0.1, 0.15) is 17.2 Å². The van der Waals surface area contributed by atoms with Crippen molar-refractivity contribution in [2.45, 2.75) is 18.4 Å². The molecule has 3 N–H and O–H groups in total. The number of hydrogen-bond acceptors (Lipinski definition) is 4. The highest BCUT2D eigenvalue weighted by Crippen LogP contribution is 2.34. The third-order valence-electron chi connectivity index (χ3n) is 2.03. The molecule has 0 aliphatic rings. The van der Waals surface area contributed by atoms with Gasteiger partial charge in [-0.25, -0.2) is 0 Å². The maximum absolute atomic E-state index is 12.5. The Bertz CT molecular complexity index is 356. The lowest BCUT2D eigenvalue weighted by Gasteiger charge is -2.19. The van der Waals surface area contributed by atoms with E-state index in [1.54, 1.807) is 0 Å². The largest absolute Gasteiger partial charge is 0.416 e. The van der Waals surface area contributed by atoms with Gasteiger partial charge in [0, 0.05) is 18.0 Å². The number of pyridine rings is 1. The topological polar surface area (TPSA) is 73.6 Å². The molecule has 16 heavy (non-hydrogen) atoms. The molecule has 0 amide bonds. The Kier molecular flexibility index (Phi) is 3.84. The summed E-state index contributed by atoms with van der Waals surface area (Å²) in [7, 11) is 0.